The molecule has 1 aromatic rings. The first-order valence-corrected chi connectivity index (χ1v) is 6.29. The van der Waals surface area contributed by atoms with Crippen LogP contribution in [0.1, 0.15) is 39.4 Å². The average Bonchev–Trinajstić information content (AvgIpc) is 2.13. The van der Waals surface area contributed by atoms with Crippen molar-refractivity contribution < 1.29 is 13.9 Å². The molecule has 4 nitrogen and oxygen atoms in total. The molecule has 1 rings (SSSR count). The van der Waals surface area contributed by atoms with Crippen molar-refractivity contribution in [2.24, 2.45) is 0 Å². The van der Waals surface area contributed by atoms with Gasteiger partial charge in [0.25, 0.3) is 0 Å². The third kappa shape index (κ3) is 4.60. The zero-order chi connectivity index (χ0) is 13.9. The molecule has 1 heterocycles. The van der Waals surface area contributed by atoms with Crippen molar-refractivity contribution in [3.8, 4) is 0 Å². The minimum Gasteiger partial charge on any atom is -0.444 e. The average molecular weight is 319 g/mol. The molecule has 1 amide bonds. The first-order chi connectivity index (χ1) is 8.19. The van der Waals surface area contributed by atoms with Crippen LogP contribution in [-0.4, -0.2) is 16.7 Å². The summed E-state index contributed by atoms with van der Waals surface area (Å²) in [6.45, 7) is 6.92. The SMILES string of the molecule is CC(NC(=O)OC(C)(C)C)c1ncc(Br)cc1F. The molecule has 0 aliphatic carbocycles. The molecule has 100 valence electrons. The zero-order valence-corrected chi connectivity index (χ0v) is 12.3. The van der Waals surface area contributed by atoms with Gasteiger partial charge in [-0.3, -0.25) is 4.98 Å². The van der Waals surface area contributed by atoms with E-state index in [1.807, 2.05) is 0 Å². The van der Waals surface area contributed by atoms with Crippen molar-refractivity contribution in [2.45, 2.75) is 39.3 Å². The molecule has 1 aromatic heterocycles. The number of aromatic nitrogens is 1. The van der Waals surface area contributed by atoms with Crippen LogP contribution in [0.25, 0.3) is 0 Å². The monoisotopic (exact) mass is 318 g/mol. The molecule has 0 aliphatic heterocycles. The van der Waals surface area contributed by atoms with Gasteiger partial charge in [0.15, 0.2) is 0 Å². The van der Waals surface area contributed by atoms with Gasteiger partial charge in [-0.25, -0.2) is 9.18 Å². The van der Waals surface area contributed by atoms with Crippen molar-refractivity contribution in [3.05, 3.63) is 28.2 Å². The summed E-state index contributed by atoms with van der Waals surface area (Å²) in [7, 11) is 0. The summed E-state index contributed by atoms with van der Waals surface area (Å²) < 4.78 is 19.2. The van der Waals surface area contributed by atoms with Crippen LogP contribution in [0.5, 0.6) is 0 Å². The van der Waals surface area contributed by atoms with E-state index in [0.29, 0.717) is 4.47 Å². The molecule has 0 aliphatic rings. The van der Waals surface area contributed by atoms with E-state index in [1.165, 1.54) is 12.3 Å². The summed E-state index contributed by atoms with van der Waals surface area (Å²) in [5, 5.41) is 2.53. The van der Waals surface area contributed by atoms with Gasteiger partial charge >= 0.3 is 6.09 Å². The Morgan fingerprint density at radius 1 is 1.56 bits per heavy atom. The molecular weight excluding hydrogens is 303 g/mol. The molecule has 0 spiro atoms. The van der Waals surface area contributed by atoms with Gasteiger partial charge in [-0.1, -0.05) is 0 Å². The third-order valence-corrected chi connectivity index (χ3v) is 2.41. The molecule has 0 bridgehead atoms. The lowest BCUT2D eigenvalue weighted by Gasteiger charge is -2.21. The van der Waals surface area contributed by atoms with E-state index < -0.39 is 23.6 Å². The molecule has 18 heavy (non-hydrogen) atoms. The fourth-order valence-corrected chi connectivity index (χ4v) is 1.60. The summed E-state index contributed by atoms with van der Waals surface area (Å²) in [6.07, 6.45) is 0.880. The minimum absolute atomic E-state index is 0.170. The van der Waals surface area contributed by atoms with E-state index >= 15 is 0 Å². The molecule has 0 radical (unpaired) electrons. The number of halogens is 2. The molecule has 0 aromatic carbocycles. The highest BCUT2D eigenvalue weighted by atomic mass is 79.9. The highest BCUT2D eigenvalue weighted by Crippen LogP contribution is 2.18. The molecule has 1 unspecified atom stereocenters. The number of pyridine rings is 1. The normalized spacial score (nSPS) is 13.0. The van der Waals surface area contributed by atoms with Crippen molar-refractivity contribution in [1.29, 1.82) is 0 Å². The second-order valence-electron chi connectivity index (χ2n) is 4.89. The van der Waals surface area contributed by atoms with Gasteiger partial charge in [-0.05, 0) is 49.7 Å². The lowest BCUT2D eigenvalue weighted by molar-refractivity contribution is 0.0506. The standard InChI is InChI=1S/C12H16BrFN2O2/c1-7(16-11(17)18-12(2,3)4)10-9(14)5-8(13)6-15-10/h5-7H,1-4H3,(H,16,17). The first-order valence-electron chi connectivity index (χ1n) is 5.49. The highest BCUT2D eigenvalue weighted by Gasteiger charge is 2.20. The van der Waals surface area contributed by atoms with Crippen LogP contribution in [0.2, 0.25) is 0 Å². The number of ether oxygens (including phenoxy) is 1. The van der Waals surface area contributed by atoms with Gasteiger partial charge in [0.05, 0.1) is 11.7 Å². The first kappa shape index (κ1) is 14.9. The number of carbonyl (C=O) groups excluding carboxylic acids is 1. The Morgan fingerprint density at radius 3 is 2.67 bits per heavy atom. The fourth-order valence-electron chi connectivity index (χ4n) is 1.30. The second-order valence-corrected chi connectivity index (χ2v) is 5.80. The van der Waals surface area contributed by atoms with Gasteiger partial charge in [0.2, 0.25) is 0 Å². The van der Waals surface area contributed by atoms with E-state index in [9.17, 15) is 9.18 Å². The van der Waals surface area contributed by atoms with Gasteiger partial charge in [0, 0.05) is 10.7 Å². The number of hydrogen-bond donors (Lipinski definition) is 1. The van der Waals surface area contributed by atoms with Crippen LogP contribution >= 0.6 is 15.9 Å². The Balaban J connectivity index is 2.71. The lowest BCUT2D eigenvalue weighted by atomic mass is 10.2. The van der Waals surface area contributed by atoms with E-state index in [-0.39, 0.29) is 5.69 Å². The Bertz CT molecular complexity index is 446. The number of nitrogens with one attached hydrogen (secondary N) is 1. The smallest absolute Gasteiger partial charge is 0.408 e. The number of nitrogens with zero attached hydrogens (tertiary/aromatic N) is 1. The maximum atomic E-state index is 13.6. The quantitative estimate of drug-likeness (QED) is 0.907. The van der Waals surface area contributed by atoms with Crippen LogP contribution in [0.15, 0.2) is 16.7 Å². The molecule has 6 heteroatoms. The number of rotatable bonds is 2. The van der Waals surface area contributed by atoms with Gasteiger partial charge < -0.3 is 10.1 Å². The van der Waals surface area contributed by atoms with Crippen LogP contribution in [0, 0.1) is 5.82 Å². The van der Waals surface area contributed by atoms with E-state index in [4.69, 9.17) is 4.74 Å². The van der Waals surface area contributed by atoms with Crippen molar-refractivity contribution in [1.82, 2.24) is 10.3 Å². The zero-order valence-electron chi connectivity index (χ0n) is 10.8. The molecular formula is C12H16BrFN2O2. The van der Waals surface area contributed by atoms with E-state index in [2.05, 4.69) is 26.2 Å². The molecule has 0 saturated heterocycles. The summed E-state index contributed by atoms with van der Waals surface area (Å²) in [6, 6.07) is 0.739. The van der Waals surface area contributed by atoms with Crippen LogP contribution in [0.4, 0.5) is 9.18 Å². The Labute approximate surface area is 114 Å². The Morgan fingerprint density at radius 2 is 2.17 bits per heavy atom. The third-order valence-electron chi connectivity index (χ3n) is 1.98. The number of alkyl carbamates (subject to hydrolysis) is 1. The summed E-state index contributed by atoms with van der Waals surface area (Å²) in [5.41, 5.74) is -0.417. The van der Waals surface area contributed by atoms with Gasteiger partial charge in [0.1, 0.15) is 11.4 Å². The Hall–Kier alpha value is -1.17. The molecule has 1 N–H and O–H groups in total. The number of amides is 1. The van der Waals surface area contributed by atoms with Crippen LogP contribution in [0.3, 0.4) is 0 Å². The predicted octanol–water partition coefficient (Wildman–Crippen LogP) is 3.57. The number of hydrogen-bond acceptors (Lipinski definition) is 3. The second kappa shape index (κ2) is 5.65. The maximum Gasteiger partial charge on any atom is 0.408 e. The van der Waals surface area contributed by atoms with Crippen molar-refractivity contribution in [3.63, 3.8) is 0 Å². The Kier molecular flexibility index (Phi) is 4.67. The van der Waals surface area contributed by atoms with Gasteiger partial charge in [-0.15, -0.1) is 0 Å². The minimum atomic E-state index is -0.598. The van der Waals surface area contributed by atoms with Crippen molar-refractivity contribution in [2.75, 3.05) is 0 Å². The topological polar surface area (TPSA) is 51.2 Å². The van der Waals surface area contributed by atoms with Crippen LogP contribution < -0.4 is 5.32 Å². The van der Waals surface area contributed by atoms with Crippen molar-refractivity contribution >= 4 is 22.0 Å². The van der Waals surface area contributed by atoms with E-state index in [1.54, 1.807) is 27.7 Å². The summed E-state index contributed by atoms with van der Waals surface area (Å²) in [4.78, 5) is 15.5. The summed E-state index contributed by atoms with van der Waals surface area (Å²) >= 11 is 3.12. The lowest BCUT2D eigenvalue weighted by Crippen LogP contribution is -2.34. The predicted molar refractivity (Wildman–Crippen MR) is 69.7 cm³/mol. The fraction of sp³-hybridized carbons (Fsp3) is 0.500. The molecule has 0 fully saturated rings. The maximum absolute atomic E-state index is 13.6. The largest absolute Gasteiger partial charge is 0.444 e. The van der Waals surface area contributed by atoms with Crippen LogP contribution in [-0.2, 0) is 4.74 Å². The molecule has 0 saturated carbocycles. The summed E-state index contributed by atoms with van der Waals surface area (Å²) in [5.74, 6) is -0.479. The highest BCUT2D eigenvalue weighted by molar-refractivity contribution is 9.10. The molecule has 1 atom stereocenters. The van der Waals surface area contributed by atoms with Gasteiger partial charge in [-0.2, -0.15) is 0 Å². The van der Waals surface area contributed by atoms with E-state index in [0.717, 1.165) is 0 Å². The number of carbonyl (C=O) groups is 1.